The van der Waals surface area contributed by atoms with Crippen molar-refractivity contribution in [2.24, 2.45) is 0 Å². The fourth-order valence-electron chi connectivity index (χ4n) is 1.93. The van der Waals surface area contributed by atoms with Gasteiger partial charge in [0.05, 0.1) is 0 Å². The molecule has 0 aromatic heterocycles. The van der Waals surface area contributed by atoms with E-state index in [-0.39, 0.29) is 11.7 Å². The van der Waals surface area contributed by atoms with Gasteiger partial charge in [0, 0.05) is 24.5 Å². The van der Waals surface area contributed by atoms with Crippen LogP contribution < -0.4 is 5.73 Å². The van der Waals surface area contributed by atoms with Gasteiger partial charge in [-0.05, 0) is 24.3 Å². The second kappa shape index (κ2) is 5.26. The predicted octanol–water partition coefficient (Wildman–Crippen LogP) is 1.67. The van der Waals surface area contributed by atoms with Gasteiger partial charge in [0.2, 0.25) is 10.0 Å². The summed E-state index contributed by atoms with van der Waals surface area (Å²) in [6.07, 6.45) is 0.701. The number of rotatable bonds is 3. The molecule has 0 spiro atoms. The number of sulfonamides is 1. The largest absolute Gasteiger partial charge is 0.399 e. The Morgan fingerprint density at radius 3 is 2.68 bits per heavy atom. The standard InChI is InChI=1S/C11H14F2N2O2S2/c1-15(8-2-3-18-6-8)19(16,17)10-5-7(14)4-9(12)11(10)13/h4-5,8H,2-3,6,14H2,1H3. The summed E-state index contributed by atoms with van der Waals surface area (Å²) < 4.78 is 52.7. The van der Waals surface area contributed by atoms with Gasteiger partial charge in [0.25, 0.3) is 0 Å². The van der Waals surface area contributed by atoms with Crippen LogP contribution in [0.2, 0.25) is 0 Å². The Morgan fingerprint density at radius 1 is 1.42 bits per heavy atom. The van der Waals surface area contributed by atoms with Crippen molar-refractivity contribution in [1.29, 1.82) is 0 Å². The van der Waals surface area contributed by atoms with E-state index in [0.29, 0.717) is 12.2 Å². The monoisotopic (exact) mass is 308 g/mol. The molecule has 1 aromatic carbocycles. The van der Waals surface area contributed by atoms with Gasteiger partial charge in [0.15, 0.2) is 11.6 Å². The minimum Gasteiger partial charge on any atom is -0.399 e. The van der Waals surface area contributed by atoms with Crippen LogP contribution >= 0.6 is 11.8 Å². The highest BCUT2D eigenvalue weighted by molar-refractivity contribution is 7.99. The predicted molar refractivity (Wildman–Crippen MR) is 71.4 cm³/mol. The number of halogens is 2. The average Bonchev–Trinajstić information content (AvgIpc) is 2.86. The molecule has 19 heavy (non-hydrogen) atoms. The first-order valence-electron chi connectivity index (χ1n) is 5.64. The molecule has 2 N–H and O–H groups in total. The Balaban J connectivity index is 2.44. The van der Waals surface area contributed by atoms with Crippen molar-refractivity contribution < 1.29 is 17.2 Å². The van der Waals surface area contributed by atoms with E-state index in [4.69, 9.17) is 5.73 Å². The molecule has 4 nitrogen and oxygen atoms in total. The number of benzene rings is 1. The third kappa shape index (κ3) is 2.70. The molecule has 0 saturated carbocycles. The normalized spacial score (nSPS) is 20.1. The van der Waals surface area contributed by atoms with Crippen LogP contribution in [-0.2, 0) is 10.0 Å². The molecule has 0 amide bonds. The smallest absolute Gasteiger partial charge is 0.246 e. The van der Waals surface area contributed by atoms with Gasteiger partial charge in [-0.3, -0.25) is 0 Å². The summed E-state index contributed by atoms with van der Waals surface area (Å²) in [6, 6.07) is 1.52. The molecule has 1 aliphatic rings. The highest BCUT2D eigenvalue weighted by Crippen LogP contribution is 2.29. The number of hydrogen-bond acceptors (Lipinski definition) is 4. The van der Waals surface area contributed by atoms with Gasteiger partial charge in [-0.15, -0.1) is 0 Å². The van der Waals surface area contributed by atoms with Gasteiger partial charge in [-0.25, -0.2) is 17.2 Å². The molecule has 1 unspecified atom stereocenters. The fourth-order valence-corrected chi connectivity index (χ4v) is 4.79. The lowest BCUT2D eigenvalue weighted by Crippen LogP contribution is -2.37. The fraction of sp³-hybridized carbons (Fsp3) is 0.455. The Labute approximate surface area is 115 Å². The maximum atomic E-state index is 13.7. The summed E-state index contributed by atoms with van der Waals surface area (Å²) in [6.45, 7) is 0. The van der Waals surface area contributed by atoms with Crippen molar-refractivity contribution in [3.05, 3.63) is 23.8 Å². The lowest BCUT2D eigenvalue weighted by Gasteiger charge is -2.23. The Kier molecular flexibility index (Phi) is 4.03. The second-order valence-corrected chi connectivity index (χ2v) is 7.47. The van der Waals surface area contributed by atoms with Gasteiger partial charge in [0.1, 0.15) is 4.90 Å². The number of nitrogens with zero attached hydrogens (tertiary/aromatic N) is 1. The summed E-state index contributed by atoms with van der Waals surface area (Å²) in [5.74, 6) is -1.13. The number of nitrogens with two attached hydrogens (primary N) is 1. The quantitative estimate of drug-likeness (QED) is 0.863. The molecule has 0 radical (unpaired) electrons. The van der Waals surface area contributed by atoms with Crippen LogP contribution in [0.15, 0.2) is 17.0 Å². The van der Waals surface area contributed by atoms with Crippen LogP contribution in [0.1, 0.15) is 6.42 Å². The zero-order chi connectivity index (χ0) is 14.2. The van der Waals surface area contributed by atoms with Crippen LogP contribution in [0.5, 0.6) is 0 Å². The lowest BCUT2D eigenvalue weighted by atomic mass is 10.3. The number of anilines is 1. The lowest BCUT2D eigenvalue weighted by molar-refractivity contribution is 0.389. The number of nitrogen functional groups attached to an aromatic ring is 1. The Bertz CT molecular complexity index is 587. The maximum Gasteiger partial charge on any atom is 0.246 e. The number of hydrogen-bond donors (Lipinski definition) is 1. The summed E-state index contributed by atoms with van der Waals surface area (Å²) in [4.78, 5) is -0.704. The van der Waals surface area contributed by atoms with Crippen molar-refractivity contribution >= 4 is 27.5 Å². The zero-order valence-electron chi connectivity index (χ0n) is 10.3. The Morgan fingerprint density at radius 2 is 2.11 bits per heavy atom. The molecule has 0 aliphatic carbocycles. The molecule has 1 atom stereocenters. The summed E-state index contributed by atoms with van der Waals surface area (Å²) in [7, 11) is -2.69. The molecule has 1 heterocycles. The van der Waals surface area contributed by atoms with E-state index in [1.165, 1.54) is 7.05 Å². The van der Waals surface area contributed by atoms with E-state index >= 15 is 0 Å². The minimum atomic E-state index is -4.07. The average molecular weight is 308 g/mol. The van der Waals surface area contributed by atoms with E-state index in [1.54, 1.807) is 11.8 Å². The van der Waals surface area contributed by atoms with Gasteiger partial charge in [-0.2, -0.15) is 16.1 Å². The first kappa shape index (κ1) is 14.5. The van der Waals surface area contributed by atoms with Crippen molar-refractivity contribution in [1.82, 2.24) is 4.31 Å². The Hall–Kier alpha value is -0.860. The van der Waals surface area contributed by atoms with Gasteiger partial charge >= 0.3 is 0 Å². The summed E-state index contributed by atoms with van der Waals surface area (Å²) in [5.41, 5.74) is 5.27. The van der Waals surface area contributed by atoms with Crippen LogP contribution in [0.4, 0.5) is 14.5 Å². The molecule has 0 bridgehead atoms. The highest BCUT2D eigenvalue weighted by atomic mass is 32.2. The minimum absolute atomic E-state index is 0.119. The second-order valence-electron chi connectivity index (χ2n) is 4.35. The van der Waals surface area contributed by atoms with E-state index in [9.17, 15) is 17.2 Å². The van der Waals surface area contributed by atoms with E-state index in [1.807, 2.05) is 0 Å². The molecular formula is C11H14F2N2O2S2. The molecule has 8 heteroatoms. The molecular weight excluding hydrogens is 294 g/mol. The van der Waals surface area contributed by atoms with E-state index in [2.05, 4.69) is 0 Å². The SMILES string of the molecule is CN(C1CCSC1)S(=O)(=O)c1cc(N)cc(F)c1F. The molecule has 2 rings (SSSR count). The molecule has 1 fully saturated rings. The summed E-state index contributed by atoms with van der Waals surface area (Å²) >= 11 is 1.63. The first-order valence-corrected chi connectivity index (χ1v) is 8.24. The maximum absolute atomic E-state index is 13.7. The van der Waals surface area contributed by atoms with E-state index in [0.717, 1.165) is 22.2 Å². The molecule has 1 saturated heterocycles. The third-order valence-electron chi connectivity index (χ3n) is 3.09. The topological polar surface area (TPSA) is 63.4 Å². The van der Waals surface area contributed by atoms with Gasteiger partial charge in [-0.1, -0.05) is 0 Å². The van der Waals surface area contributed by atoms with Crippen molar-refractivity contribution in [2.75, 3.05) is 24.3 Å². The molecule has 1 aliphatic heterocycles. The van der Waals surface area contributed by atoms with Crippen LogP contribution in [0.25, 0.3) is 0 Å². The van der Waals surface area contributed by atoms with Crippen molar-refractivity contribution in [3.8, 4) is 0 Å². The van der Waals surface area contributed by atoms with E-state index < -0.39 is 26.6 Å². The third-order valence-corrected chi connectivity index (χ3v) is 6.15. The van der Waals surface area contributed by atoms with Crippen LogP contribution in [0.3, 0.4) is 0 Å². The zero-order valence-corrected chi connectivity index (χ0v) is 11.9. The molecule has 1 aromatic rings. The van der Waals surface area contributed by atoms with Crippen LogP contribution in [-0.4, -0.2) is 37.3 Å². The first-order chi connectivity index (χ1) is 8.84. The molecule has 106 valence electrons. The highest BCUT2D eigenvalue weighted by Gasteiger charge is 2.33. The van der Waals surface area contributed by atoms with Gasteiger partial charge < -0.3 is 5.73 Å². The summed E-state index contributed by atoms with van der Waals surface area (Å²) in [5, 5.41) is 0. The van der Waals surface area contributed by atoms with Crippen LogP contribution in [0, 0.1) is 11.6 Å². The number of thioether (sulfide) groups is 1. The van der Waals surface area contributed by atoms with Crippen molar-refractivity contribution in [2.45, 2.75) is 17.4 Å². The van der Waals surface area contributed by atoms with Crippen molar-refractivity contribution in [3.63, 3.8) is 0 Å².